The fourth-order valence-corrected chi connectivity index (χ4v) is 3.99. The molecule has 2 atom stereocenters. The molecule has 3 nitrogen and oxygen atoms in total. The molecule has 0 bridgehead atoms. The monoisotopic (exact) mass is 403 g/mol. The van der Waals surface area contributed by atoms with Gasteiger partial charge < -0.3 is 10.0 Å². The number of piperidine rings is 1. The van der Waals surface area contributed by atoms with Crippen molar-refractivity contribution in [2.75, 3.05) is 13.2 Å². The topological polar surface area (TPSA) is 40.5 Å². The number of allylic oxidation sites excluding steroid dienone is 6. The molecule has 1 aliphatic heterocycles. The van der Waals surface area contributed by atoms with Crippen LogP contribution in [0.3, 0.4) is 0 Å². The van der Waals surface area contributed by atoms with Crippen LogP contribution < -0.4 is 0 Å². The van der Waals surface area contributed by atoms with Crippen molar-refractivity contribution in [1.29, 1.82) is 0 Å². The summed E-state index contributed by atoms with van der Waals surface area (Å²) in [7, 11) is 0. The van der Waals surface area contributed by atoms with E-state index in [2.05, 4.69) is 52.8 Å². The van der Waals surface area contributed by atoms with E-state index in [1.54, 1.807) is 0 Å². The van der Waals surface area contributed by atoms with Crippen molar-refractivity contribution >= 4 is 5.91 Å². The lowest BCUT2D eigenvalue weighted by Gasteiger charge is -2.35. The molecule has 1 saturated heterocycles. The average molecular weight is 404 g/mol. The molecule has 1 amide bonds. The molecule has 1 N–H and O–H groups in total. The SMILES string of the molecule is CC(C)=CCCC(C)=CCCC(C)=CCCC(C)CC(=O)N1CCCCC1CO. The summed E-state index contributed by atoms with van der Waals surface area (Å²) >= 11 is 0. The van der Waals surface area contributed by atoms with Gasteiger partial charge in [0.2, 0.25) is 5.91 Å². The number of aliphatic hydroxyl groups is 1. The van der Waals surface area contributed by atoms with Crippen LogP contribution in [0.25, 0.3) is 0 Å². The van der Waals surface area contributed by atoms with Crippen LogP contribution in [0, 0.1) is 5.92 Å². The molecular formula is C26H45NO2. The fraction of sp³-hybridized carbons (Fsp3) is 0.731. The normalized spacial score (nSPS) is 19.2. The Kier molecular flexibility index (Phi) is 12.9. The zero-order chi connectivity index (χ0) is 21.6. The van der Waals surface area contributed by atoms with E-state index in [0.29, 0.717) is 12.3 Å². The molecule has 0 aromatic rings. The van der Waals surface area contributed by atoms with Gasteiger partial charge in [0.25, 0.3) is 0 Å². The van der Waals surface area contributed by atoms with Crippen molar-refractivity contribution in [3.8, 4) is 0 Å². The predicted molar refractivity (Wildman–Crippen MR) is 125 cm³/mol. The number of nitrogens with zero attached hydrogens (tertiary/aromatic N) is 1. The molecule has 0 aliphatic carbocycles. The number of rotatable bonds is 12. The highest BCUT2D eigenvalue weighted by atomic mass is 16.3. The van der Waals surface area contributed by atoms with Gasteiger partial charge in [-0.3, -0.25) is 4.79 Å². The second-order valence-corrected chi connectivity index (χ2v) is 9.27. The highest BCUT2D eigenvalue weighted by Gasteiger charge is 2.26. The van der Waals surface area contributed by atoms with Gasteiger partial charge in [-0.15, -0.1) is 0 Å². The van der Waals surface area contributed by atoms with E-state index in [4.69, 9.17) is 0 Å². The second-order valence-electron chi connectivity index (χ2n) is 9.27. The zero-order valence-electron chi connectivity index (χ0n) is 19.7. The van der Waals surface area contributed by atoms with Gasteiger partial charge in [0.15, 0.2) is 0 Å². The predicted octanol–water partition coefficient (Wildman–Crippen LogP) is 6.59. The molecule has 1 rings (SSSR count). The van der Waals surface area contributed by atoms with Crippen LogP contribution in [-0.4, -0.2) is 35.1 Å². The first kappa shape index (κ1) is 25.7. The molecule has 29 heavy (non-hydrogen) atoms. The molecular weight excluding hydrogens is 358 g/mol. The van der Waals surface area contributed by atoms with E-state index >= 15 is 0 Å². The summed E-state index contributed by atoms with van der Waals surface area (Å²) in [6, 6.07) is 0.0455. The highest BCUT2D eigenvalue weighted by molar-refractivity contribution is 5.76. The number of amides is 1. The summed E-state index contributed by atoms with van der Waals surface area (Å²) in [5.74, 6) is 0.621. The third-order valence-electron chi connectivity index (χ3n) is 5.96. The fourth-order valence-electron chi connectivity index (χ4n) is 3.99. The van der Waals surface area contributed by atoms with Crippen LogP contribution in [0.5, 0.6) is 0 Å². The van der Waals surface area contributed by atoms with Gasteiger partial charge in [-0.2, -0.15) is 0 Å². The first-order valence-electron chi connectivity index (χ1n) is 11.7. The summed E-state index contributed by atoms with van der Waals surface area (Å²) in [4.78, 5) is 14.5. The Bertz CT molecular complexity index is 569. The Balaban J connectivity index is 2.27. The molecule has 0 spiro atoms. The lowest BCUT2D eigenvalue weighted by Crippen LogP contribution is -2.46. The number of carbonyl (C=O) groups is 1. The minimum atomic E-state index is 0.0455. The van der Waals surface area contributed by atoms with E-state index in [0.717, 1.165) is 64.3 Å². The van der Waals surface area contributed by atoms with Gasteiger partial charge in [-0.1, -0.05) is 41.9 Å². The maximum atomic E-state index is 12.6. The van der Waals surface area contributed by atoms with Gasteiger partial charge in [-0.05, 0) is 91.4 Å². The smallest absolute Gasteiger partial charge is 0.223 e. The van der Waals surface area contributed by atoms with E-state index < -0.39 is 0 Å². The number of likely N-dealkylation sites (tertiary alicyclic amines) is 1. The van der Waals surface area contributed by atoms with E-state index in [9.17, 15) is 9.90 Å². The van der Waals surface area contributed by atoms with Gasteiger partial charge >= 0.3 is 0 Å². The van der Waals surface area contributed by atoms with Crippen LogP contribution in [-0.2, 0) is 4.79 Å². The molecule has 2 unspecified atom stereocenters. The molecule has 3 heteroatoms. The summed E-state index contributed by atoms with van der Waals surface area (Å²) in [5.41, 5.74) is 4.34. The number of hydrogen-bond acceptors (Lipinski definition) is 2. The molecule has 166 valence electrons. The third-order valence-corrected chi connectivity index (χ3v) is 5.96. The lowest BCUT2D eigenvalue weighted by atomic mass is 9.97. The Hall–Kier alpha value is -1.35. The van der Waals surface area contributed by atoms with Crippen LogP contribution in [0.2, 0.25) is 0 Å². The van der Waals surface area contributed by atoms with E-state index in [1.165, 1.54) is 16.7 Å². The molecule has 0 saturated carbocycles. The van der Waals surface area contributed by atoms with Crippen LogP contribution in [0.4, 0.5) is 0 Å². The summed E-state index contributed by atoms with van der Waals surface area (Å²) < 4.78 is 0. The Morgan fingerprint density at radius 3 is 2.24 bits per heavy atom. The molecule has 0 aromatic heterocycles. The Morgan fingerprint density at radius 2 is 1.62 bits per heavy atom. The Labute approximate surface area is 180 Å². The maximum Gasteiger partial charge on any atom is 0.223 e. The molecule has 0 radical (unpaired) electrons. The van der Waals surface area contributed by atoms with Crippen molar-refractivity contribution in [3.05, 3.63) is 34.9 Å². The average Bonchev–Trinajstić information content (AvgIpc) is 2.67. The summed E-state index contributed by atoms with van der Waals surface area (Å²) in [6.45, 7) is 11.9. The van der Waals surface area contributed by atoms with Gasteiger partial charge in [-0.25, -0.2) is 0 Å². The minimum absolute atomic E-state index is 0.0455. The largest absolute Gasteiger partial charge is 0.394 e. The van der Waals surface area contributed by atoms with Crippen LogP contribution in [0.1, 0.15) is 98.8 Å². The van der Waals surface area contributed by atoms with Crippen molar-refractivity contribution in [1.82, 2.24) is 4.90 Å². The number of carbonyl (C=O) groups excluding carboxylic acids is 1. The lowest BCUT2D eigenvalue weighted by molar-refractivity contribution is -0.136. The molecule has 1 aliphatic rings. The number of hydrogen-bond donors (Lipinski definition) is 1. The third kappa shape index (κ3) is 11.4. The quantitative estimate of drug-likeness (QED) is 0.374. The maximum absolute atomic E-state index is 12.6. The van der Waals surface area contributed by atoms with Gasteiger partial charge in [0.05, 0.1) is 12.6 Å². The zero-order valence-corrected chi connectivity index (χ0v) is 19.7. The summed E-state index contributed by atoms with van der Waals surface area (Å²) in [6.07, 6.45) is 17.4. The van der Waals surface area contributed by atoms with Crippen molar-refractivity contribution in [3.63, 3.8) is 0 Å². The first-order chi connectivity index (χ1) is 13.8. The van der Waals surface area contributed by atoms with Crippen molar-refractivity contribution < 1.29 is 9.90 Å². The standard InChI is InChI=1S/C26H45NO2/c1-21(2)11-8-12-22(3)13-9-14-23(4)15-10-16-24(5)19-26(29)27-18-7-6-17-25(27)20-28/h11,13,15,24-25,28H,6-10,12,14,16-20H2,1-5H3. The van der Waals surface area contributed by atoms with Crippen molar-refractivity contribution in [2.45, 2.75) is 105 Å². The minimum Gasteiger partial charge on any atom is -0.394 e. The van der Waals surface area contributed by atoms with Gasteiger partial charge in [0, 0.05) is 13.0 Å². The first-order valence-corrected chi connectivity index (χ1v) is 11.7. The van der Waals surface area contributed by atoms with E-state index in [1.807, 2.05) is 4.90 Å². The highest BCUT2D eigenvalue weighted by Crippen LogP contribution is 2.21. The van der Waals surface area contributed by atoms with Crippen LogP contribution in [0.15, 0.2) is 34.9 Å². The molecule has 1 fully saturated rings. The van der Waals surface area contributed by atoms with Crippen LogP contribution >= 0.6 is 0 Å². The van der Waals surface area contributed by atoms with Crippen molar-refractivity contribution in [2.24, 2.45) is 5.92 Å². The molecule has 1 heterocycles. The second kappa shape index (κ2) is 14.6. The number of aliphatic hydroxyl groups excluding tert-OH is 1. The Morgan fingerprint density at radius 1 is 1.00 bits per heavy atom. The van der Waals surface area contributed by atoms with Gasteiger partial charge in [0.1, 0.15) is 0 Å². The summed E-state index contributed by atoms with van der Waals surface area (Å²) in [5, 5.41) is 9.51. The molecule has 0 aromatic carbocycles. The van der Waals surface area contributed by atoms with E-state index in [-0.39, 0.29) is 18.6 Å².